The van der Waals surface area contributed by atoms with E-state index < -0.39 is 0 Å². The Morgan fingerprint density at radius 3 is 2.75 bits per heavy atom. The van der Waals surface area contributed by atoms with E-state index in [0.29, 0.717) is 0 Å². The van der Waals surface area contributed by atoms with E-state index in [2.05, 4.69) is 10.3 Å². The molecule has 1 amide bonds. The summed E-state index contributed by atoms with van der Waals surface area (Å²) in [4.78, 5) is 19.3. The molecule has 0 aliphatic carbocycles. The quantitative estimate of drug-likeness (QED) is 0.860. The fraction of sp³-hybridized carbons (Fsp3) is 0.375. The third-order valence-corrected chi connectivity index (χ3v) is 3.80. The Morgan fingerprint density at radius 2 is 2.00 bits per heavy atom. The van der Waals surface area contributed by atoms with Gasteiger partial charge in [0.1, 0.15) is 0 Å². The van der Waals surface area contributed by atoms with Gasteiger partial charge in [0.15, 0.2) is 0 Å². The van der Waals surface area contributed by atoms with Crippen LogP contribution in [0.15, 0.2) is 24.3 Å². The molecule has 0 atom stereocenters. The van der Waals surface area contributed by atoms with E-state index in [1.807, 2.05) is 43.0 Å². The van der Waals surface area contributed by atoms with Crippen molar-refractivity contribution in [2.45, 2.75) is 13.8 Å². The van der Waals surface area contributed by atoms with Gasteiger partial charge < -0.3 is 10.2 Å². The van der Waals surface area contributed by atoms with E-state index in [4.69, 9.17) is 0 Å². The van der Waals surface area contributed by atoms with Gasteiger partial charge in [0.05, 0.1) is 11.1 Å². The molecule has 0 unspecified atom stereocenters. The summed E-state index contributed by atoms with van der Waals surface area (Å²) in [6.45, 7) is 7.26. The largest absolute Gasteiger partial charge is 0.336 e. The number of piperazine rings is 1. The van der Waals surface area contributed by atoms with E-state index in [-0.39, 0.29) is 5.91 Å². The van der Waals surface area contributed by atoms with Crippen LogP contribution in [0.5, 0.6) is 0 Å². The number of nitrogens with one attached hydrogen (secondary N) is 1. The normalized spacial score (nSPS) is 15.6. The Bertz CT molecular complexity index is 660. The van der Waals surface area contributed by atoms with Gasteiger partial charge in [-0.3, -0.25) is 9.78 Å². The summed E-state index contributed by atoms with van der Waals surface area (Å²) in [5, 5.41) is 4.23. The summed E-state index contributed by atoms with van der Waals surface area (Å²) in [6, 6.07) is 7.92. The van der Waals surface area contributed by atoms with Gasteiger partial charge in [-0.25, -0.2) is 0 Å². The second kappa shape index (κ2) is 5.21. The zero-order valence-electron chi connectivity index (χ0n) is 11.9. The van der Waals surface area contributed by atoms with Crippen LogP contribution in [0.4, 0.5) is 0 Å². The third-order valence-electron chi connectivity index (χ3n) is 3.80. The number of rotatable bonds is 1. The van der Waals surface area contributed by atoms with Crippen molar-refractivity contribution in [1.29, 1.82) is 0 Å². The summed E-state index contributed by atoms with van der Waals surface area (Å²) >= 11 is 0. The minimum atomic E-state index is 0.118. The maximum Gasteiger partial charge on any atom is 0.254 e. The lowest BCUT2D eigenvalue weighted by molar-refractivity contribution is 0.0737. The lowest BCUT2D eigenvalue weighted by atomic mass is 10.0. The van der Waals surface area contributed by atoms with Gasteiger partial charge in [-0.15, -0.1) is 0 Å². The molecule has 2 heterocycles. The highest BCUT2D eigenvalue weighted by Gasteiger charge is 2.20. The average Bonchev–Trinajstić information content (AvgIpc) is 2.48. The molecule has 1 aromatic carbocycles. The second-order valence-electron chi connectivity index (χ2n) is 5.32. The number of hydrogen-bond donors (Lipinski definition) is 1. The zero-order valence-corrected chi connectivity index (χ0v) is 11.9. The van der Waals surface area contributed by atoms with Gasteiger partial charge in [0.25, 0.3) is 5.91 Å². The number of nitrogens with zero attached hydrogens (tertiary/aromatic N) is 2. The minimum absolute atomic E-state index is 0.118. The number of hydrogen-bond acceptors (Lipinski definition) is 3. The maximum absolute atomic E-state index is 12.7. The highest BCUT2D eigenvalue weighted by molar-refractivity contribution is 6.06. The van der Waals surface area contributed by atoms with Crippen molar-refractivity contribution in [2.75, 3.05) is 26.2 Å². The topological polar surface area (TPSA) is 45.2 Å². The zero-order chi connectivity index (χ0) is 14.1. The molecule has 4 heteroatoms. The molecule has 4 nitrogen and oxygen atoms in total. The van der Waals surface area contributed by atoms with Crippen molar-refractivity contribution >= 4 is 16.8 Å². The molecule has 1 fully saturated rings. The number of carbonyl (C=O) groups is 1. The lowest BCUT2D eigenvalue weighted by Gasteiger charge is -2.28. The van der Waals surface area contributed by atoms with Crippen LogP contribution in [0, 0.1) is 13.8 Å². The highest BCUT2D eigenvalue weighted by Crippen LogP contribution is 2.22. The van der Waals surface area contributed by atoms with E-state index in [1.165, 1.54) is 0 Å². The monoisotopic (exact) mass is 269 g/mol. The number of aromatic nitrogens is 1. The Kier molecular flexibility index (Phi) is 3.40. The van der Waals surface area contributed by atoms with Crippen molar-refractivity contribution in [3.63, 3.8) is 0 Å². The Morgan fingerprint density at radius 1 is 1.25 bits per heavy atom. The first kappa shape index (κ1) is 13.1. The molecule has 1 aliphatic heterocycles. The van der Waals surface area contributed by atoms with Crippen molar-refractivity contribution in [3.05, 3.63) is 41.1 Å². The molecular weight excluding hydrogens is 250 g/mol. The molecule has 1 saturated heterocycles. The van der Waals surface area contributed by atoms with Crippen molar-refractivity contribution in [3.8, 4) is 0 Å². The molecule has 0 radical (unpaired) electrons. The van der Waals surface area contributed by atoms with Crippen LogP contribution in [0.3, 0.4) is 0 Å². The number of fused-ring (bicyclic) bond motifs is 1. The summed E-state index contributed by atoms with van der Waals surface area (Å²) in [5.74, 6) is 0.118. The first-order chi connectivity index (χ1) is 9.66. The predicted octanol–water partition coefficient (Wildman–Crippen LogP) is 1.90. The molecule has 1 aromatic heterocycles. The first-order valence-corrected chi connectivity index (χ1v) is 7.04. The smallest absolute Gasteiger partial charge is 0.254 e. The average molecular weight is 269 g/mol. The van der Waals surface area contributed by atoms with Gasteiger partial charge in [-0.05, 0) is 25.5 Å². The van der Waals surface area contributed by atoms with Crippen LogP contribution in [-0.4, -0.2) is 42.0 Å². The number of para-hydroxylation sites is 1. The van der Waals surface area contributed by atoms with Crippen LogP contribution in [0.1, 0.15) is 21.6 Å². The maximum atomic E-state index is 12.7. The summed E-state index contributed by atoms with van der Waals surface area (Å²) < 4.78 is 0. The molecule has 104 valence electrons. The molecule has 3 rings (SSSR count). The molecule has 0 saturated carbocycles. The molecule has 20 heavy (non-hydrogen) atoms. The van der Waals surface area contributed by atoms with Gasteiger partial charge >= 0.3 is 0 Å². The number of amides is 1. The fourth-order valence-electron chi connectivity index (χ4n) is 2.74. The second-order valence-corrected chi connectivity index (χ2v) is 5.32. The van der Waals surface area contributed by atoms with Gasteiger partial charge in [0.2, 0.25) is 0 Å². The fourth-order valence-corrected chi connectivity index (χ4v) is 2.74. The van der Waals surface area contributed by atoms with Gasteiger partial charge in [-0.2, -0.15) is 0 Å². The van der Waals surface area contributed by atoms with E-state index >= 15 is 0 Å². The van der Waals surface area contributed by atoms with Crippen LogP contribution in [0.25, 0.3) is 10.9 Å². The van der Waals surface area contributed by atoms with Crippen LogP contribution in [-0.2, 0) is 0 Å². The van der Waals surface area contributed by atoms with Crippen molar-refractivity contribution < 1.29 is 4.79 Å². The molecule has 1 N–H and O–H groups in total. The van der Waals surface area contributed by atoms with Crippen molar-refractivity contribution in [2.24, 2.45) is 0 Å². The number of pyridine rings is 1. The highest BCUT2D eigenvalue weighted by atomic mass is 16.2. The van der Waals surface area contributed by atoms with Crippen LogP contribution < -0.4 is 5.32 Å². The number of aryl methyl sites for hydroxylation is 2. The molecule has 2 aromatic rings. The number of carbonyl (C=O) groups excluding carboxylic acids is 1. The minimum Gasteiger partial charge on any atom is -0.336 e. The lowest BCUT2D eigenvalue weighted by Crippen LogP contribution is -2.46. The first-order valence-electron chi connectivity index (χ1n) is 7.04. The summed E-state index contributed by atoms with van der Waals surface area (Å²) in [5.41, 5.74) is 3.72. The van der Waals surface area contributed by atoms with E-state index in [0.717, 1.165) is 53.9 Å². The van der Waals surface area contributed by atoms with Crippen LogP contribution in [0.2, 0.25) is 0 Å². The molecule has 1 aliphatic rings. The van der Waals surface area contributed by atoms with Crippen molar-refractivity contribution in [1.82, 2.24) is 15.2 Å². The SMILES string of the molecule is Cc1cc(C(=O)N2CCNCC2)c2cccc(C)c2n1. The molecule has 0 bridgehead atoms. The Labute approximate surface area is 118 Å². The molecular formula is C16H19N3O. The van der Waals surface area contributed by atoms with E-state index in [1.54, 1.807) is 0 Å². The third kappa shape index (κ3) is 2.27. The molecule has 0 spiro atoms. The Balaban J connectivity index is 2.10. The predicted molar refractivity (Wildman–Crippen MR) is 80.0 cm³/mol. The van der Waals surface area contributed by atoms with Gasteiger partial charge in [-0.1, -0.05) is 18.2 Å². The van der Waals surface area contributed by atoms with Gasteiger partial charge in [0, 0.05) is 37.3 Å². The summed E-state index contributed by atoms with van der Waals surface area (Å²) in [7, 11) is 0. The summed E-state index contributed by atoms with van der Waals surface area (Å²) in [6.07, 6.45) is 0. The number of benzene rings is 1. The standard InChI is InChI=1S/C16H19N3O/c1-11-4-3-5-13-14(10-12(2)18-15(11)13)16(20)19-8-6-17-7-9-19/h3-5,10,17H,6-9H2,1-2H3. The Hall–Kier alpha value is -1.94. The van der Waals surface area contributed by atoms with E-state index in [9.17, 15) is 4.79 Å². The van der Waals surface area contributed by atoms with Crippen LogP contribution >= 0.6 is 0 Å².